The summed E-state index contributed by atoms with van der Waals surface area (Å²) in [6.45, 7) is 2.25. The van der Waals surface area contributed by atoms with Crippen LogP contribution in [0.15, 0.2) is 24.3 Å². The minimum atomic E-state index is -0.299. The van der Waals surface area contributed by atoms with E-state index in [9.17, 15) is 14.0 Å². The molecular weight excluding hydrogens is 307 g/mol. The molecule has 3 aliphatic heterocycles. The zero-order valence-corrected chi connectivity index (χ0v) is 13.8. The first-order valence-corrected chi connectivity index (χ1v) is 8.92. The lowest BCUT2D eigenvalue weighted by Gasteiger charge is -2.52. The first-order chi connectivity index (χ1) is 11.6. The molecular formula is C19H23FN2O2. The van der Waals surface area contributed by atoms with Gasteiger partial charge in [0.25, 0.3) is 0 Å². The first kappa shape index (κ1) is 15.6. The predicted molar refractivity (Wildman–Crippen MR) is 87.6 cm³/mol. The summed E-state index contributed by atoms with van der Waals surface area (Å²) in [5, 5.41) is 0. The largest absolute Gasteiger partial charge is 0.342 e. The van der Waals surface area contributed by atoms with E-state index in [1.165, 1.54) is 12.1 Å². The molecule has 1 aromatic carbocycles. The fourth-order valence-electron chi connectivity index (χ4n) is 4.75. The van der Waals surface area contributed by atoms with Crippen LogP contribution in [-0.4, -0.2) is 47.3 Å². The normalized spacial score (nSPS) is 29.4. The third kappa shape index (κ3) is 2.92. The summed E-state index contributed by atoms with van der Waals surface area (Å²) in [4.78, 5) is 28.8. The van der Waals surface area contributed by atoms with Crippen molar-refractivity contribution in [2.45, 2.75) is 38.1 Å². The van der Waals surface area contributed by atoms with Crippen LogP contribution < -0.4 is 0 Å². The summed E-state index contributed by atoms with van der Waals surface area (Å²) in [5.74, 6) is 0.857. The Balaban J connectivity index is 1.45. The Kier molecular flexibility index (Phi) is 4.02. The smallest absolute Gasteiger partial charge is 0.227 e. The van der Waals surface area contributed by atoms with Crippen molar-refractivity contribution in [3.8, 4) is 0 Å². The Morgan fingerprint density at radius 2 is 2.12 bits per heavy atom. The maximum atomic E-state index is 13.3. The molecule has 24 heavy (non-hydrogen) atoms. The number of benzene rings is 1. The maximum absolute atomic E-state index is 13.3. The number of hydrogen-bond donors (Lipinski definition) is 0. The Morgan fingerprint density at radius 3 is 2.96 bits per heavy atom. The molecule has 3 fully saturated rings. The van der Waals surface area contributed by atoms with Crippen LogP contribution in [0.2, 0.25) is 0 Å². The van der Waals surface area contributed by atoms with Crippen LogP contribution in [0.3, 0.4) is 0 Å². The highest BCUT2D eigenvalue weighted by Crippen LogP contribution is 2.38. The van der Waals surface area contributed by atoms with E-state index in [4.69, 9.17) is 0 Å². The number of halogens is 1. The molecule has 128 valence electrons. The van der Waals surface area contributed by atoms with Crippen molar-refractivity contribution in [2.75, 3.05) is 19.6 Å². The Labute approximate surface area is 141 Å². The zero-order chi connectivity index (χ0) is 16.7. The number of carbonyl (C=O) groups is 2. The maximum Gasteiger partial charge on any atom is 0.227 e. The van der Waals surface area contributed by atoms with Gasteiger partial charge in [-0.3, -0.25) is 9.59 Å². The van der Waals surface area contributed by atoms with Crippen LogP contribution in [0.5, 0.6) is 0 Å². The van der Waals surface area contributed by atoms with Crippen LogP contribution in [0.4, 0.5) is 4.39 Å². The minimum Gasteiger partial charge on any atom is -0.342 e. The lowest BCUT2D eigenvalue weighted by molar-refractivity contribution is -0.148. The Hall–Kier alpha value is -1.91. The van der Waals surface area contributed by atoms with Crippen LogP contribution in [-0.2, 0) is 16.0 Å². The number of nitrogens with zero attached hydrogens (tertiary/aromatic N) is 2. The van der Waals surface area contributed by atoms with Crippen LogP contribution in [0, 0.1) is 17.7 Å². The van der Waals surface area contributed by atoms with Gasteiger partial charge >= 0.3 is 0 Å². The fraction of sp³-hybridized carbons (Fsp3) is 0.579. The first-order valence-electron chi connectivity index (χ1n) is 8.92. The van der Waals surface area contributed by atoms with Gasteiger partial charge in [-0.2, -0.15) is 0 Å². The molecule has 3 heterocycles. The van der Waals surface area contributed by atoms with Gasteiger partial charge in [-0.1, -0.05) is 12.1 Å². The Morgan fingerprint density at radius 1 is 1.25 bits per heavy atom. The number of hydrogen-bond acceptors (Lipinski definition) is 2. The highest BCUT2D eigenvalue weighted by atomic mass is 19.1. The molecule has 0 saturated carbocycles. The highest BCUT2D eigenvalue weighted by molar-refractivity contribution is 5.79. The average Bonchev–Trinajstić information content (AvgIpc) is 2.56. The monoisotopic (exact) mass is 330 g/mol. The van der Waals surface area contributed by atoms with Crippen LogP contribution in [0.1, 0.15) is 31.2 Å². The summed E-state index contributed by atoms with van der Waals surface area (Å²) in [6, 6.07) is 6.59. The van der Waals surface area contributed by atoms with Crippen molar-refractivity contribution in [3.63, 3.8) is 0 Å². The second-order valence-electron chi connectivity index (χ2n) is 7.47. The number of amides is 2. The van der Waals surface area contributed by atoms with Gasteiger partial charge in [0, 0.05) is 32.1 Å². The molecule has 0 spiro atoms. The van der Waals surface area contributed by atoms with E-state index in [1.807, 2.05) is 4.90 Å². The van der Waals surface area contributed by atoms with E-state index in [0.717, 1.165) is 44.5 Å². The molecule has 3 aliphatic rings. The predicted octanol–water partition coefficient (Wildman–Crippen LogP) is 2.23. The van der Waals surface area contributed by atoms with E-state index in [2.05, 4.69) is 4.90 Å². The molecule has 4 rings (SSSR count). The van der Waals surface area contributed by atoms with Gasteiger partial charge in [-0.25, -0.2) is 4.39 Å². The van der Waals surface area contributed by atoms with E-state index in [1.54, 1.807) is 12.1 Å². The molecule has 4 nitrogen and oxygen atoms in total. The summed E-state index contributed by atoms with van der Waals surface area (Å²) < 4.78 is 13.3. The number of rotatable bonds is 2. The summed E-state index contributed by atoms with van der Waals surface area (Å²) >= 11 is 0. The van der Waals surface area contributed by atoms with Crippen molar-refractivity contribution in [2.24, 2.45) is 11.8 Å². The molecule has 3 saturated heterocycles. The number of carbonyl (C=O) groups excluding carboxylic acids is 2. The van der Waals surface area contributed by atoms with E-state index < -0.39 is 0 Å². The molecule has 0 aromatic heterocycles. The van der Waals surface area contributed by atoms with E-state index in [-0.39, 0.29) is 18.1 Å². The molecule has 2 bridgehead atoms. The number of piperidine rings is 3. The lowest BCUT2D eigenvalue weighted by Crippen LogP contribution is -2.61. The lowest BCUT2D eigenvalue weighted by atomic mass is 9.76. The van der Waals surface area contributed by atoms with Crippen LogP contribution >= 0.6 is 0 Å². The summed E-state index contributed by atoms with van der Waals surface area (Å²) in [7, 11) is 0. The van der Waals surface area contributed by atoms with Gasteiger partial charge in [-0.05, 0) is 48.8 Å². The molecule has 3 atom stereocenters. The second-order valence-corrected chi connectivity index (χ2v) is 7.47. The van der Waals surface area contributed by atoms with Gasteiger partial charge in [0.1, 0.15) is 5.82 Å². The zero-order valence-electron chi connectivity index (χ0n) is 13.8. The van der Waals surface area contributed by atoms with Crippen molar-refractivity contribution in [1.29, 1.82) is 0 Å². The number of likely N-dealkylation sites (tertiary alicyclic amines) is 1. The molecule has 0 N–H and O–H groups in total. The fourth-order valence-corrected chi connectivity index (χ4v) is 4.75. The Bertz CT molecular complexity index is 663. The highest BCUT2D eigenvalue weighted by Gasteiger charge is 2.44. The number of fused-ring (bicyclic) bond motifs is 4. The molecule has 0 radical (unpaired) electrons. The molecule has 2 unspecified atom stereocenters. The molecule has 1 aromatic rings. The van der Waals surface area contributed by atoms with Crippen molar-refractivity contribution >= 4 is 11.8 Å². The summed E-state index contributed by atoms with van der Waals surface area (Å²) in [6.07, 6.45) is 4.09. The van der Waals surface area contributed by atoms with Crippen molar-refractivity contribution < 1.29 is 14.0 Å². The third-order valence-corrected chi connectivity index (χ3v) is 5.78. The van der Waals surface area contributed by atoms with Gasteiger partial charge in [0.15, 0.2) is 0 Å². The SMILES string of the molecule is O=C(Cc1cccc(F)c1)N1CC2CC(C1)[C@H]1CCCC(=O)N1C2. The standard InChI is InChI=1S/C19H23FN2O2/c20-16-4-1-3-13(8-16)9-19(24)21-10-14-7-15(12-21)17-5-2-6-18(23)22(17)11-14/h1,3-4,8,14-15,17H,2,5-7,9-12H2/t14?,15?,17-/m1/s1. The third-order valence-electron chi connectivity index (χ3n) is 5.78. The van der Waals surface area contributed by atoms with E-state index in [0.29, 0.717) is 30.2 Å². The summed E-state index contributed by atoms with van der Waals surface area (Å²) in [5.41, 5.74) is 0.727. The quantitative estimate of drug-likeness (QED) is 0.834. The molecule has 5 heteroatoms. The van der Waals surface area contributed by atoms with Crippen molar-refractivity contribution in [3.05, 3.63) is 35.6 Å². The van der Waals surface area contributed by atoms with Crippen molar-refractivity contribution in [1.82, 2.24) is 9.80 Å². The van der Waals surface area contributed by atoms with Gasteiger partial charge < -0.3 is 9.80 Å². The van der Waals surface area contributed by atoms with Crippen LogP contribution in [0.25, 0.3) is 0 Å². The molecule has 0 aliphatic carbocycles. The van der Waals surface area contributed by atoms with Gasteiger partial charge in [0.05, 0.1) is 6.42 Å². The average molecular weight is 330 g/mol. The van der Waals surface area contributed by atoms with Gasteiger partial charge in [-0.15, -0.1) is 0 Å². The second kappa shape index (κ2) is 6.19. The minimum absolute atomic E-state index is 0.0749. The van der Waals surface area contributed by atoms with E-state index >= 15 is 0 Å². The van der Waals surface area contributed by atoms with Gasteiger partial charge in [0.2, 0.25) is 11.8 Å². The topological polar surface area (TPSA) is 40.6 Å². The molecule has 2 amide bonds.